The van der Waals surface area contributed by atoms with E-state index in [9.17, 15) is 0 Å². The standard InChI is InChI=1S/C13H21N/c1-3-12-10-9-11(2)14(12)13-7-5-4-6-8-13/h9-10,13H,3-8H2,1-2H3. The van der Waals surface area contributed by atoms with Crippen LogP contribution in [-0.2, 0) is 6.42 Å². The van der Waals surface area contributed by atoms with Gasteiger partial charge in [0, 0.05) is 17.4 Å². The van der Waals surface area contributed by atoms with Gasteiger partial charge < -0.3 is 4.57 Å². The SMILES string of the molecule is CCc1ccc(C)n1C1CCCCC1. The van der Waals surface area contributed by atoms with Gasteiger partial charge in [0.05, 0.1) is 0 Å². The van der Waals surface area contributed by atoms with Gasteiger partial charge in [-0.2, -0.15) is 0 Å². The topological polar surface area (TPSA) is 4.93 Å². The summed E-state index contributed by atoms with van der Waals surface area (Å²) >= 11 is 0. The normalized spacial score (nSPS) is 18.7. The predicted molar refractivity (Wildman–Crippen MR) is 60.7 cm³/mol. The summed E-state index contributed by atoms with van der Waals surface area (Å²) in [6.07, 6.45) is 8.24. The van der Waals surface area contributed by atoms with Crippen molar-refractivity contribution in [2.75, 3.05) is 0 Å². The molecular formula is C13H21N. The average molecular weight is 191 g/mol. The van der Waals surface area contributed by atoms with Crippen LogP contribution in [0.25, 0.3) is 0 Å². The fourth-order valence-electron chi connectivity index (χ4n) is 2.75. The van der Waals surface area contributed by atoms with Gasteiger partial charge in [-0.1, -0.05) is 26.2 Å². The third-order valence-corrected chi connectivity index (χ3v) is 3.51. The van der Waals surface area contributed by atoms with Crippen LogP contribution in [-0.4, -0.2) is 4.57 Å². The fraction of sp³-hybridized carbons (Fsp3) is 0.692. The summed E-state index contributed by atoms with van der Waals surface area (Å²) in [4.78, 5) is 0. The molecule has 0 unspecified atom stereocenters. The van der Waals surface area contributed by atoms with Gasteiger partial charge in [-0.3, -0.25) is 0 Å². The highest BCUT2D eigenvalue weighted by Gasteiger charge is 2.17. The summed E-state index contributed by atoms with van der Waals surface area (Å²) < 4.78 is 2.58. The summed E-state index contributed by atoms with van der Waals surface area (Å²) in [5.41, 5.74) is 2.98. The molecule has 1 aromatic heterocycles. The lowest BCUT2D eigenvalue weighted by molar-refractivity contribution is 0.344. The molecule has 2 rings (SSSR count). The molecule has 1 aliphatic rings. The molecule has 1 saturated carbocycles. The molecule has 0 aromatic carbocycles. The largest absolute Gasteiger partial charge is 0.346 e. The van der Waals surface area contributed by atoms with Crippen LogP contribution in [0.15, 0.2) is 12.1 Å². The van der Waals surface area contributed by atoms with Crippen molar-refractivity contribution in [1.82, 2.24) is 4.57 Å². The molecule has 0 radical (unpaired) electrons. The number of aromatic nitrogens is 1. The average Bonchev–Trinajstić information content (AvgIpc) is 2.61. The van der Waals surface area contributed by atoms with E-state index in [1.54, 1.807) is 0 Å². The molecule has 0 atom stereocenters. The Bertz CT molecular complexity index is 292. The lowest BCUT2D eigenvalue weighted by Crippen LogP contribution is -2.16. The van der Waals surface area contributed by atoms with Crippen LogP contribution in [0.4, 0.5) is 0 Å². The summed E-state index contributed by atoms with van der Waals surface area (Å²) in [5, 5.41) is 0. The van der Waals surface area contributed by atoms with E-state index in [0.29, 0.717) is 0 Å². The first kappa shape index (κ1) is 9.82. The molecule has 0 aliphatic heterocycles. The Kier molecular flexibility index (Phi) is 2.95. The van der Waals surface area contributed by atoms with Crippen LogP contribution in [0.1, 0.15) is 56.5 Å². The van der Waals surface area contributed by atoms with Gasteiger partial charge in [-0.15, -0.1) is 0 Å². The maximum Gasteiger partial charge on any atom is 0.0335 e. The molecular weight excluding hydrogens is 170 g/mol. The van der Waals surface area contributed by atoms with E-state index in [1.165, 1.54) is 49.9 Å². The molecule has 0 amide bonds. The minimum Gasteiger partial charge on any atom is -0.346 e. The van der Waals surface area contributed by atoms with E-state index >= 15 is 0 Å². The van der Waals surface area contributed by atoms with Crippen molar-refractivity contribution in [2.45, 2.75) is 58.4 Å². The highest BCUT2D eigenvalue weighted by Crippen LogP contribution is 2.30. The van der Waals surface area contributed by atoms with Crippen LogP contribution in [0.5, 0.6) is 0 Å². The van der Waals surface area contributed by atoms with Crippen molar-refractivity contribution >= 4 is 0 Å². The molecule has 0 spiro atoms. The van der Waals surface area contributed by atoms with Gasteiger partial charge in [0.25, 0.3) is 0 Å². The van der Waals surface area contributed by atoms with Gasteiger partial charge in [-0.25, -0.2) is 0 Å². The molecule has 1 fully saturated rings. The lowest BCUT2D eigenvalue weighted by atomic mass is 9.95. The van der Waals surface area contributed by atoms with Gasteiger partial charge in [0.15, 0.2) is 0 Å². The van der Waals surface area contributed by atoms with Crippen LogP contribution < -0.4 is 0 Å². The van der Waals surface area contributed by atoms with Gasteiger partial charge >= 0.3 is 0 Å². The molecule has 1 aromatic rings. The predicted octanol–water partition coefficient (Wildman–Crippen LogP) is 3.86. The van der Waals surface area contributed by atoms with Crippen molar-refractivity contribution < 1.29 is 0 Å². The maximum atomic E-state index is 2.58. The Morgan fingerprint density at radius 1 is 1.21 bits per heavy atom. The van der Waals surface area contributed by atoms with Crippen molar-refractivity contribution in [2.24, 2.45) is 0 Å². The zero-order valence-corrected chi connectivity index (χ0v) is 9.42. The number of rotatable bonds is 2. The first-order chi connectivity index (χ1) is 6.83. The van der Waals surface area contributed by atoms with Crippen LogP contribution >= 0.6 is 0 Å². The van der Waals surface area contributed by atoms with Gasteiger partial charge in [0.2, 0.25) is 0 Å². The minimum absolute atomic E-state index is 0.800. The molecule has 0 saturated heterocycles. The second kappa shape index (κ2) is 4.20. The quantitative estimate of drug-likeness (QED) is 0.669. The number of hydrogen-bond acceptors (Lipinski definition) is 0. The molecule has 1 heteroatoms. The number of aryl methyl sites for hydroxylation is 2. The summed E-state index contributed by atoms with van der Waals surface area (Å²) in [7, 11) is 0. The van der Waals surface area contributed by atoms with Crippen LogP contribution in [0.3, 0.4) is 0 Å². The van der Waals surface area contributed by atoms with Crippen molar-refractivity contribution in [3.05, 3.63) is 23.5 Å². The van der Waals surface area contributed by atoms with Crippen molar-refractivity contribution in [3.63, 3.8) is 0 Å². The molecule has 0 N–H and O–H groups in total. The fourth-order valence-corrected chi connectivity index (χ4v) is 2.75. The van der Waals surface area contributed by atoms with Crippen molar-refractivity contribution in [1.29, 1.82) is 0 Å². The van der Waals surface area contributed by atoms with Crippen LogP contribution in [0.2, 0.25) is 0 Å². The van der Waals surface area contributed by atoms with E-state index in [2.05, 4.69) is 30.5 Å². The van der Waals surface area contributed by atoms with E-state index < -0.39 is 0 Å². The van der Waals surface area contributed by atoms with Crippen molar-refractivity contribution in [3.8, 4) is 0 Å². The first-order valence-electron chi connectivity index (χ1n) is 5.99. The van der Waals surface area contributed by atoms with Crippen LogP contribution in [0, 0.1) is 6.92 Å². The summed E-state index contributed by atoms with van der Waals surface area (Å²) in [6, 6.07) is 5.37. The third kappa shape index (κ3) is 1.73. The van der Waals surface area contributed by atoms with Gasteiger partial charge in [0.1, 0.15) is 0 Å². The molecule has 1 nitrogen and oxygen atoms in total. The molecule has 1 aliphatic carbocycles. The monoisotopic (exact) mass is 191 g/mol. The highest BCUT2D eigenvalue weighted by molar-refractivity contribution is 5.16. The lowest BCUT2D eigenvalue weighted by Gasteiger charge is -2.26. The van der Waals surface area contributed by atoms with E-state index in [-0.39, 0.29) is 0 Å². The minimum atomic E-state index is 0.800. The third-order valence-electron chi connectivity index (χ3n) is 3.51. The van der Waals surface area contributed by atoms with E-state index in [1.807, 2.05) is 0 Å². The summed E-state index contributed by atoms with van der Waals surface area (Å²) in [5.74, 6) is 0. The number of hydrogen-bond donors (Lipinski definition) is 0. The highest BCUT2D eigenvalue weighted by atomic mass is 15.0. The zero-order chi connectivity index (χ0) is 9.97. The Labute approximate surface area is 87.1 Å². The summed E-state index contributed by atoms with van der Waals surface area (Å²) in [6.45, 7) is 4.50. The zero-order valence-electron chi connectivity index (χ0n) is 9.42. The molecule has 1 heterocycles. The Balaban J connectivity index is 2.23. The molecule has 0 bridgehead atoms. The molecule has 14 heavy (non-hydrogen) atoms. The van der Waals surface area contributed by atoms with E-state index in [0.717, 1.165) is 6.04 Å². The maximum absolute atomic E-state index is 2.58. The Morgan fingerprint density at radius 2 is 1.93 bits per heavy atom. The Morgan fingerprint density at radius 3 is 2.57 bits per heavy atom. The second-order valence-electron chi connectivity index (χ2n) is 4.48. The van der Waals surface area contributed by atoms with Gasteiger partial charge in [-0.05, 0) is 38.3 Å². The second-order valence-corrected chi connectivity index (χ2v) is 4.48. The Hall–Kier alpha value is -0.720. The smallest absolute Gasteiger partial charge is 0.0335 e. The molecule has 78 valence electrons. The first-order valence-corrected chi connectivity index (χ1v) is 5.99. The number of nitrogens with zero attached hydrogens (tertiary/aromatic N) is 1. The van der Waals surface area contributed by atoms with E-state index in [4.69, 9.17) is 0 Å².